The van der Waals surface area contributed by atoms with Gasteiger partial charge < -0.3 is 30.9 Å². The third kappa shape index (κ3) is 10.5. The molecule has 1 aromatic carbocycles. The van der Waals surface area contributed by atoms with Crippen LogP contribution in [0.4, 0.5) is 18.4 Å². The summed E-state index contributed by atoms with van der Waals surface area (Å²) < 4.78 is 32.5. The number of amides is 9. The lowest BCUT2D eigenvalue weighted by Gasteiger charge is -2.37. The number of hydrogen-bond donors (Lipinski definition) is 5. The lowest BCUT2D eigenvalue weighted by Crippen LogP contribution is -2.61. The van der Waals surface area contributed by atoms with Gasteiger partial charge in [-0.05, 0) is 71.6 Å². The van der Waals surface area contributed by atoms with Crippen LogP contribution in [0, 0.1) is 28.6 Å². The number of carbonyl (C=O) groups is 8. The van der Waals surface area contributed by atoms with Crippen LogP contribution in [-0.4, -0.2) is 120 Å². The summed E-state index contributed by atoms with van der Waals surface area (Å²) in [5.74, 6) is -4.56. The lowest BCUT2D eigenvalue weighted by atomic mass is 9.83. The first kappa shape index (κ1) is 47.5. The molecule has 1 aromatic heterocycles. The van der Waals surface area contributed by atoms with Gasteiger partial charge >= 0.3 is 18.0 Å². The molecular formula is C45H58F2N8O9. The number of rotatable bonds is 15. The largest absolute Gasteiger partial charge is 0.465 e. The van der Waals surface area contributed by atoms with Crippen molar-refractivity contribution < 1.29 is 51.9 Å². The van der Waals surface area contributed by atoms with Crippen LogP contribution in [0.5, 0.6) is 0 Å². The van der Waals surface area contributed by atoms with E-state index in [9.17, 15) is 47.1 Å². The number of urea groups is 2. The molecule has 5 N–H and O–H groups in total. The molecule has 19 heteroatoms. The van der Waals surface area contributed by atoms with E-state index in [1.54, 1.807) is 45.0 Å². The summed E-state index contributed by atoms with van der Waals surface area (Å²) >= 11 is 0. The number of pyridine rings is 1. The number of benzene rings is 1. The topological polar surface area (TPSA) is 225 Å². The van der Waals surface area contributed by atoms with Crippen molar-refractivity contribution in [2.75, 3.05) is 26.7 Å². The van der Waals surface area contributed by atoms with Gasteiger partial charge in [0, 0.05) is 31.9 Å². The zero-order chi connectivity index (χ0) is 46.7. The van der Waals surface area contributed by atoms with Gasteiger partial charge in [0.25, 0.3) is 11.8 Å². The zero-order valence-electron chi connectivity index (χ0n) is 37.0. The van der Waals surface area contributed by atoms with Crippen molar-refractivity contribution in [1.82, 2.24) is 41.4 Å². The van der Waals surface area contributed by atoms with Crippen LogP contribution < -0.4 is 26.6 Å². The highest BCUT2D eigenvalue weighted by Crippen LogP contribution is 2.65. The van der Waals surface area contributed by atoms with Crippen LogP contribution in [-0.2, 0) is 25.5 Å². The highest BCUT2D eigenvalue weighted by atomic mass is 19.3. The first-order chi connectivity index (χ1) is 30.2. The maximum atomic E-state index is 14.7. The van der Waals surface area contributed by atoms with Gasteiger partial charge in [-0.3, -0.25) is 39.2 Å². The number of halogens is 2. The van der Waals surface area contributed by atoms with Gasteiger partial charge in [-0.15, -0.1) is 0 Å². The first-order valence-electron chi connectivity index (χ1n) is 21.7. The number of hydrogen-bond acceptors (Lipinski definition) is 10. The standard InChI is InChI=1S/C45H58F2N8O9/c1-44(2,3)31(23-55-38(58)27-17-18-48-21-28(27)39(55)59)51-42(62)53-43(63)52-34(25-10-8-7-9-11-25)40(60)54-22-29-33(45(29,4)5)35(54)37(57)50-30(20-32(46)47)36(56)49-19-16-24-12-14-26(15-13-24)41(61)64-6/h12-15,17-18,21,25,29-35H,7-11,16,19-20,22-23H2,1-6H3,(H,49,56)(H,50,57)(H3,51,52,53,62,63)/t29-,30-,31+,33-,34-,35-/m0/s1. The molecule has 17 nitrogen and oxygen atoms in total. The molecule has 2 saturated carbocycles. The SMILES string of the molecule is COC(=O)c1ccc(CCNC(=O)[C@H](CC(F)F)NC(=O)[C@@H]2[C@@H]3[C@H](CN2C(=O)[C@@H](NC(=O)NC(=O)N[C@H](CN2C(=O)c4ccncc4C2=O)C(C)(C)C)C2CCCCC2)C3(C)C)cc1. The summed E-state index contributed by atoms with van der Waals surface area (Å²) in [5, 5.41) is 12.8. The van der Waals surface area contributed by atoms with Crippen LogP contribution in [0.15, 0.2) is 42.7 Å². The third-order valence-corrected chi connectivity index (χ3v) is 13.3. The Hall–Kier alpha value is -6.01. The van der Waals surface area contributed by atoms with Crippen molar-refractivity contribution in [3.8, 4) is 0 Å². The van der Waals surface area contributed by atoms with Crippen LogP contribution >= 0.6 is 0 Å². The van der Waals surface area contributed by atoms with Gasteiger partial charge in [-0.1, -0.05) is 66.0 Å². The predicted molar refractivity (Wildman–Crippen MR) is 227 cm³/mol. The van der Waals surface area contributed by atoms with Gasteiger partial charge in [0.1, 0.15) is 18.1 Å². The molecule has 64 heavy (non-hydrogen) atoms. The quantitative estimate of drug-likeness (QED) is 0.128. The van der Waals surface area contributed by atoms with E-state index in [0.29, 0.717) is 24.8 Å². The smallest absolute Gasteiger partial charge is 0.337 e. The van der Waals surface area contributed by atoms with Crippen LogP contribution in [0.2, 0.25) is 0 Å². The normalized spacial score (nSPS) is 21.5. The fourth-order valence-corrected chi connectivity index (χ4v) is 9.38. The molecule has 2 aliphatic carbocycles. The molecule has 4 aliphatic rings. The third-order valence-electron chi connectivity index (χ3n) is 13.3. The summed E-state index contributed by atoms with van der Waals surface area (Å²) in [6, 6.07) is 1.29. The molecule has 0 bridgehead atoms. The van der Waals surface area contributed by atoms with E-state index in [1.807, 2.05) is 13.8 Å². The van der Waals surface area contributed by atoms with Gasteiger partial charge in [0.05, 0.1) is 36.4 Å². The Labute approximate surface area is 370 Å². The number of esters is 1. The number of methoxy groups -OCH3 is 1. The molecule has 0 spiro atoms. The monoisotopic (exact) mass is 892 g/mol. The lowest BCUT2D eigenvalue weighted by molar-refractivity contribution is -0.144. The highest BCUT2D eigenvalue weighted by Gasteiger charge is 2.69. The number of fused-ring (bicyclic) bond motifs is 2. The molecule has 6 atom stereocenters. The van der Waals surface area contributed by atoms with Crippen molar-refractivity contribution >= 4 is 47.6 Å². The molecule has 2 aromatic rings. The zero-order valence-corrected chi connectivity index (χ0v) is 37.0. The van der Waals surface area contributed by atoms with E-state index in [2.05, 4.69) is 31.6 Å². The van der Waals surface area contributed by atoms with Crippen molar-refractivity contribution in [3.63, 3.8) is 0 Å². The summed E-state index contributed by atoms with van der Waals surface area (Å²) in [7, 11) is 1.26. The summed E-state index contributed by atoms with van der Waals surface area (Å²) in [6.07, 6.45) is 2.76. The number of nitrogens with one attached hydrogen (secondary N) is 5. The van der Waals surface area contributed by atoms with Crippen molar-refractivity contribution in [2.45, 2.75) is 110 Å². The average Bonchev–Trinajstić information content (AvgIpc) is 3.48. The van der Waals surface area contributed by atoms with Crippen LogP contribution in [0.1, 0.15) is 110 Å². The second-order valence-corrected chi connectivity index (χ2v) is 18.8. The van der Waals surface area contributed by atoms with Crippen molar-refractivity contribution in [3.05, 3.63) is 65.0 Å². The van der Waals surface area contributed by atoms with Gasteiger partial charge in [-0.2, -0.15) is 0 Å². The second-order valence-electron chi connectivity index (χ2n) is 18.8. The molecular weight excluding hydrogens is 835 g/mol. The molecule has 2 aliphatic heterocycles. The van der Waals surface area contributed by atoms with Gasteiger partial charge in [0.2, 0.25) is 24.1 Å². The molecule has 1 saturated heterocycles. The fraction of sp³-hybridized carbons (Fsp3) is 0.578. The minimum Gasteiger partial charge on any atom is -0.465 e. The first-order valence-corrected chi connectivity index (χ1v) is 21.7. The summed E-state index contributed by atoms with van der Waals surface area (Å²) in [6.45, 7) is 9.29. The Morgan fingerprint density at radius 3 is 2.19 bits per heavy atom. The Morgan fingerprint density at radius 2 is 1.56 bits per heavy atom. The molecule has 6 rings (SSSR count). The second kappa shape index (κ2) is 19.4. The summed E-state index contributed by atoms with van der Waals surface area (Å²) in [4.78, 5) is 113. The number of nitrogens with zero attached hydrogens (tertiary/aromatic N) is 3. The van der Waals surface area contributed by atoms with E-state index in [1.165, 1.54) is 30.5 Å². The number of likely N-dealkylation sites (tertiary alicyclic amines) is 1. The minimum atomic E-state index is -2.94. The number of imide groups is 2. The number of alkyl halides is 2. The van der Waals surface area contributed by atoms with E-state index in [4.69, 9.17) is 4.74 Å². The van der Waals surface area contributed by atoms with E-state index < -0.39 is 90.0 Å². The van der Waals surface area contributed by atoms with Gasteiger partial charge in [0.15, 0.2) is 0 Å². The van der Waals surface area contributed by atoms with Crippen molar-refractivity contribution in [2.24, 2.45) is 28.6 Å². The van der Waals surface area contributed by atoms with E-state index in [-0.39, 0.29) is 53.9 Å². The number of aromatic nitrogens is 1. The molecule has 346 valence electrons. The number of ether oxygens (including phenoxy) is 1. The van der Waals surface area contributed by atoms with E-state index >= 15 is 0 Å². The molecule has 9 amide bonds. The van der Waals surface area contributed by atoms with Crippen LogP contribution in [0.25, 0.3) is 0 Å². The maximum Gasteiger partial charge on any atom is 0.337 e. The Bertz CT molecular complexity index is 2100. The predicted octanol–water partition coefficient (Wildman–Crippen LogP) is 3.82. The number of carbonyl (C=O) groups excluding carboxylic acids is 8. The highest BCUT2D eigenvalue weighted by molar-refractivity contribution is 6.21. The average molecular weight is 893 g/mol. The summed E-state index contributed by atoms with van der Waals surface area (Å²) in [5.41, 5.74) is 0.366. The molecule has 0 radical (unpaired) electrons. The van der Waals surface area contributed by atoms with Crippen molar-refractivity contribution in [1.29, 1.82) is 0 Å². The number of piperidine rings is 1. The van der Waals surface area contributed by atoms with Gasteiger partial charge in [-0.25, -0.2) is 23.2 Å². The Kier molecular flexibility index (Phi) is 14.4. The Morgan fingerprint density at radius 1 is 0.906 bits per heavy atom. The molecule has 0 unspecified atom stereocenters. The minimum absolute atomic E-state index is 0.0496. The molecule has 3 heterocycles. The molecule has 3 fully saturated rings. The van der Waals surface area contributed by atoms with Crippen LogP contribution in [0.3, 0.4) is 0 Å². The Balaban J connectivity index is 1.12. The maximum absolute atomic E-state index is 14.7. The fourth-order valence-electron chi connectivity index (χ4n) is 9.38. The van der Waals surface area contributed by atoms with E-state index in [0.717, 1.165) is 29.7 Å².